The van der Waals surface area contributed by atoms with Crippen molar-refractivity contribution in [3.8, 4) is 6.07 Å². The molecule has 0 radical (unpaired) electrons. The Morgan fingerprint density at radius 2 is 1.93 bits per heavy atom. The van der Waals surface area contributed by atoms with E-state index < -0.39 is 0 Å². The van der Waals surface area contributed by atoms with Crippen molar-refractivity contribution in [2.24, 2.45) is 5.92 Å². The van der Waals surface area contributed by atoms with E-state index in [0.29, 0.717) is 44.0 Å². The summed E-state index contributed by atoms with van der Waals surface area (Å²) in [5.41, 5.74) is 1.19. The fourth-order valence-electron chi connectivity index (χ4n) is 3.80. The predicted octanol–water partition coefficient (Wildman–Crippen LogP) is 1.99. The van der Waals surface area contributed by atoms with E-state index in [1.165, 1.54) is 0 Å². The minimum Gasteiger partial charge on any atom is -0.331 e. The van der Waals surface area contributed by atoms with E-state index in [4.69, 9.17) is 0 Å². The third-order valence-electron chi connectivity index (χ3n) is 5.31. The second kappa shape index (κ2) is 9.01. The van der Waals surface area contributed by atoms with Gasteiger partial charge in [0, 0.05) is 26.1 Å². The number of nitrogens with one attached hydrogen (secondary N) is 1. The summed E-state index contributed by atoms with van der Waals surface area (Å²) >= 11 is 0. The van der Waals surface area contributed by atoms with Crippen molar-refractivity contribution in [1.82, 2.24) is 19.8 Å². The quantitative estimate of drug-likeness (QED) is 0.839. The third kappa shape index (κ3) is 4.38. The van der Waals surface area contributed by atoms with Crippen LogP contribution < -0.4 is 10.9 Å². The van der Waals surface area contributed by atoms with Crippen molar-refractivity contribution in [2.45, 2.75) is 39.8 Å². The standard InChI is InChI=1S/C22H27N5O2/c1-15(2)20(26-12-11-24-10-9-19(26)28)21-25-18(13-23)16(3)22(29)27(21)14-17-7-5-4-6-8-17/h4-8,15,20,24H,9-12,14H2,1-3H3. The number of benzene rings is 1. The first kappa shape index (κ1) is 20.7. The summed E-state index contributed by atoms with van der Waals surface area (Å²) in [5.74, 6) is 0.541. The van der Waals surface area contributed by atoms with E-state index in [1.54, 1.807) is 11.5 Å². The van der Waals surface area contributed by atoms with Crippen LogP contribution >= 0.6 is 0 Å². The summed E-state index contributed by atoms with van der Waals surface area (Å²) in [6, 6.07) is 11.3. The third-order valence-corrected chi connectivity index (χ3v) is 5.31. The summed E-state index contributed by atoms with van der Waals surface area (Å²) in [4.78, 5) is 32.4. The Bertz CT molecular complexity index is 975. The summed E-state index contributed by atoms with van der Waals surface area (Å²) in [7, 11) is 0. The Morgan fingerprint density at radius 3 is 2.59 bits per heavy atom. The van der Waals surface area contributed by atoms with Gasteiger partial charge < -0.3 is 10.2 Å². The van der Waals surface area contributed by atoms with Crippen LogP contribution in [0.15, 0.2) is 35.1 Å². The van der Waals surface area contributed by atoms with Gasteiger partial charge in [0.25, 0.3) is 5.56 Å². The monoisotopic (exact) mass is 393 g/mol. The first-order valence-corrected chi connectivity index (χ1v) is 9.99. The van der Waals surface area contributed by atoms with Crippen molar-refractivity contribution < 1.29 is 4.79 Å². The molecule has 1 aliphatic heterocycles. The molecule has 0 saturated carbocycles. The van der Waals surface area contributed by atoms with Crippen LogP contribution in [0.2, 0.25) is 0 Å². The second-order valence-corrected chi connectivity index (χ2v) is 7.71. The van der Waals surface area contributed by atoms with Gasteiger partial charge in [0.15, 0.2) is 5.69 Å². The largest absolute Gasteiger partial charge is 0.331 e. The Hall–Kier alpha value is -2.98. The van der Waals surface area contributed by atoms with E-state index in [9.17, 15) is 14.9 Å². The number of rotatable bonds is 5. The molecule has 0 bridgehead atoms. The Balaban J connectivity index is 2.18. The Labute approximate surface area is 171 Å². The van der Waals surface area contributed by atoms with E-state index in [0.717, 1.165) is 5.56 Å². The molecule has 1 amide bonds. The molecule has 1 unspecified atom stereocenters. The zero-order valence-corrected chi connectivity index (χ0v) is 17.2. The topological polar surface area (TPSA) is 91.0 Å². The van der Waals surface area contributed by atoms with Crippen molar-refractivity contribution in [3.05, 3.63) is 63.3 Å². The van der Waals surface area contributed by atoms with Crippen molar-refractivity contribution in [2.75, 3.05) is 19.6 Å². The average Bonchev–Trinajstić information content (AvgIpc) is 2.92. The number of nitriles is 1. The minimum absolute atomic E-state index is 0.0280. The number of hydrogen-bond donors (Lipinski definition) is 1. The lowest BCUT2D eigenvalue weighted by atomic mass is 9.99. The molecule has 1 atom stereocenters. The molecule has 3 rings (SSSR count). The van der Waals surface area contributed by atoms with E-state index in [1.807, 2.05) is 55.1 Å². The van der Waals surface area contributed by atoms with E-state index in [-0.39, 0.29) is 29.1 Å². The maximum atomic E-state index is 13.2. The number of aromatic nitrogens is 2. The number of carbonyl (C=O) groups is 1. The van der Waals surface area contributed by atoms with E-state index >= 15 is 0 Å². The van der Waals surface area contributed by atoms with Gasteiger partial charge in [-0.1, -0.05) is 44.2 Å². The molecule has 29 heavy (non-hydrogen) atoms. The van der Waals surface area contributed by atoms with Crippen LogP contribution in [-0.2, 0) is 11.3 Å². The number of amides is 1. The lowest BCUT2D eigenvalue weighted by molar-refractivity contribution is -0.134. The van der Waals surface area contributed by atoms with Crippen LogP contribution in [0.25, 0.3) is 0 Å². The van der Waals surface area contributed by atoms with Gasteiger partial charge in [0.1, 0.15) is 11.9 Å². The summed E-state index contributed by atoms with van der Waals surface area (Å²) in [6.07, 6.45) is 0.406. The highest BCUT2D eigenvalue weighted by molar-refractivity contribution is 5.77. The maximum Gasteiger partial charge on any atom is 0.258 e. The fourth-order valence-corrected chi connectivity index (χ4v) is 3.80. The van der Waals surface area contributed by atoms with Gasteiger partial charge in [-0.15, -0.1) is 0 Å². The van der Waals surface area contributed by atoms with Gasteiger partial charge in [-0.25, -0.2) is 4.98 Å². The van der Waals surface area contributed by atoms with Crippen LogP contribution in [-0.4, -0.2) is 40.0 Å². The van der Waals surface area contributed by atoms with Gasteiger partial charge >= 0.3 is 0 Å². The Morgan fingerprint density at radius 1 is 1.21 bits per heavy atom. The molecule has 7 nitrogen and oxygen atoms in total. The molecule has 152 valence electrons. The van der Waals surface area contributed by atoms with Crippen LogP contribution in [0.3, 0.4) is 0 Å². The lowest BCUT2D eigenvalue weighted by Gasteiger charge is -2.34. The summed E-state index contributed by atoms with van der Waals surface area (Å²) < 4.78 is 1.63. The second-order valence-electron chi connectivity index (χ2n) is 7.71. The van der Waals surface area contributed by atoms with Gasteiger partial charge in [0.05, 0.1) is 18.2 Å². The molecule has 1 aromatic heterocycles. The first-order chi connectivity index (χ1) is 13.9. The average molecular weight is 393 g/mol. The highest BCUT2D eigenvalue weighted by Crippen LogP contribution is 2.28. The zero-order valence-electron chi connectivity index (χ0n) is 17.2. The molecule has 2 aromatic rings. The molecule has 0 spiro atoms. The van der Waals surface area contributed by atoms with Crippen LogP contribution in [0.4, 0.5) is 0 Å². The number of carbonyl (C=O) groups excluding carboxylic acids is 1. The summed E-state index contributed by atoms with van der Waals surface area (Å²) in [5, 5.41) is 12.8. The molecular weight excluding hydrogens is 366 g/mol. The zero-order chi connectivity index (χ0) is 21.0. The van der Waals surface area contributed by atoms with Gasteiger partial charge in [-0.05, 0) is 18.4 Å². The molecule has 0 aliphatic carbocycles. The fraction of sp³-hybridized carbons (Fsp3) is 0.455. The SMILES string of the molecule is Cc1c(C#N)nc(C(C(C)C)N2CCNCCC2=O)n(Cc2ccccc2)c1=O. The molecule has 7 heteroatoms. The maximum absolute atomic E-state index is 13.2. The predicted molar refractivity (Wildman–Crippen MR) is 110 cm³/mol. The van der Waals surface area contributed by atoms with Crippen molar-refractivity contribution in [3.63, 3.8) is 0 Å². The van der Waals surface area contributed by atoms with Crippen LogP contribution in [0.1, 0.15) is 49.0 Å². The van der Waals surface area contributed by atoms with Gasteiger partial charge in [-0.2, -0.15) is 5.26 Å². The smallest absolute Gasteiger partial charge is 0.258 e. The highest BCUT2D eigenvalue weighted by Gasteiger charge is 2.33. The first-order valence-electron chi connectivity index (χ1n) is 9.99. The van der Waals surface area contributed by atoms with Gasteiger partial charge in [-0.3, -0.25) is 14.2 Å². The molecule has 1 fully saturated rings. The molecule has 1 aliphatic rings. The number of hydrogen-bond acceptors (Lipinski definition) is 5. The normalized spacial score (nSPS) is 15.8. The van der Waals surface area contributed by atoms with Crippen LogP contribution in [0.5, 0.6) is 0 Å². The van der Waals surface area contributed by atoms with Crippen molar-refractivity contribution in [1.29, 1.82) is 5.26 Å². The molecule has 1 N–H and O–H groups in total. The molecular formula is C22H27N5O2. The molecule has 2 heterocycles. The number of nitrogens with zero attached hydrogens (tertiary/aromatic N) is 4. The summed E-state index contributed by atoms with van der Waals surface area (Å²) in [6.45, 7) is 7.88. The molecule has 1 saturated heterocycles. The van der Waals surface area contributed by atoms with Gasteiger partial charge in [0.2, 0.25) is 5.91 Å². The highest BCUT2D eigenvalue weighted by atomic mass is 16.2. The lowest BCUT2D eigenvalue weighted by Crippen LogP contribution is -2.42. The van der Waals surface area contributed by atoms with E-state index in [2.05, 4.69) is 10.3 Å². The minimum atomic E-state index is -0.383. The molecule has 1 aromatic carbocycles. The Kier molecular flexibility index (Phi) is 6.45. The van der Waals surface area contributed by atoms with Crippen LogP contribution in [0, 0.1) is 24.2 Å². The van der Waals surface area contributed by atoms with Crippen molar-refractivity contribution >= 4 is 5.91 Å².